The van der Waals surface area contributed by atoms with Crippen LogP contribution in [0.3, 0.4) is 0 Å². The highest BCUT2D eigenvalue weighted by Crippen LogP contribution is 2.26. The third-order valence-corrected chi connectivity index (χ3v) is 5.59. The lowest BCUT2D eigenvalue weighted by molar-refractivity contribution is 0.592. The van der Waals surface area contributed by atoms with E-state index in [2.05, 4.69) is 14.9 Å². The van der Waals surface area contributed by atoms with E-state index in [4.69, 9.17) is 11.6 Å². The molecule has 28 heavy (non-hydrogen) atoms. The molecule has 2 aromatic carbocycles. The Kier molecular flexibility index (Phi) is 4.85. The van der Waals surface area contributed by atoms with Crippen LogP contribution in [-0.2, 0) is 10.0 Å². The van der Waals surface area contributed by atoms with Gasteiger partial charge in [-0.05, 0) is 42.5 Å². The van der Waals surface area contributed by atoms with Crippen LogP contribution in [0.25, 0.3) is 22.6 Å². The minimum Gasteiger partial charge on any atom is -0.255 e. The maximum absolute atomic E-state index is 12.8. The molecule has 0 aliphatic carbocycles. The van der Waals surface area contributed by atoms with E-state index in [-0.39, 0.29) is 4.90 Å². The predicted molar refractivity (Wildman–Crippen MR) is 109 cm³/mol. The van der Waals surface area contributed by atoms with Gasteiger partial charge in [-0.15, -0.1) is 5.10 Å². The van der Waals surface area contributed by atoms with Crippen LogP contribution in [0.4, 0.5) is 0 Å². The van der Waals surface area contributed by atoms with Crippen LogP contribution in [-0.4, -0.2) is 23.3 Å². The van der Waals surface area contributed by atoms with E-state index in [0.717, 1.165) is 5.56 Å². The highest BCUT2D eigenvalue weighted by molar-refractivity contribution is 7.92. The highest BCUT2D eigenvalue weighted by Gasteiger charge is 2.19. The van der Waals surface area contributed by atoms with Crippen molar-refractivity contribution in [3.8, 4) is 22.6 Å². The largest absolute Gasteiger partial charge is 0.276 e. The van der Waals surface area contributed by atoms with Gasteiger partial charge in [-0.25, -0.2) is 0 Å². The first-order valence-electron chi connectivity index (χ1n) is 8.38. The molecule has 0 radical (unpaired) electrons. The first kappa shape index (κ1) is 18.2. The third kappa shape index (κ3) is 3.76. The van der Waals surface area contributed by atoms with Crippen molar-refractivity contribution in [3.05, 3.63) is 90.1 Å². The quantitative estimate of drug-likeness (QED) is 0.535. The molecule has 0 aliphatic heterocycles. The Morgan fingerprint density at radius 2 is 1.57 bits per heavy atom. The minimum absolute atomic E-state index is 0.145. The minimum atomic E-state index is -3.82. The smallest absolute Gasteiger partial charge is 0.255 e. The van der Waals surface area contributed by atoms with Gasteiger partial charge in [-0.1, -0.05) is 48.0 Å². The van der Waals surface area contributed by atoms with E-state index >= 15 is 0 Å². The van der Waals surface area contributed by atoms with Crippen LogP contribution in [0.2, 0.25) is 5.02 Å². The number of nitrogens with one attached hydrogen (secondary N) is 1. The number of sulfonamides is 1. The lowest BCUT2D eigenvalue weighted by Crippen LogP contribution is -2.25. The van der Waals surface area contributed by atoms with Gasteiger partial charge in [0.05, 0.1) is 16.3 Å². The molecular weight excluding hydrogens is 396 g/mol. The molecule has 8 heteroatoms. The molecule has 1 N–H and O–H groups in total. The van der Waals surface area contributed by atoms with E-state index in [9.17, 15) is 8.42 Å². The summed E-state index contributed by atoms with van der Waals surface area (Å²) >= 11 is 5.98. The summed E-state index contributed by atoms with van der Waals surface area (Å²) in [5.41, 5.74) is 2.50. The monoisotopic (exact) mass is 410 g/mol. The lowest BCUT2D eigenvalue weighted by atomic mass is 10.1. The first-order valence-corrected chi connectivity index (χ1v) is 10.2. The molecule has 0 bridgehead atoms. The van der Waals surface area contributed by atoms with Gasteiger partial charge >= 0.3 is 0 Å². The van der Waals surface area contributed by atoms with Gasteiger partial charge in [0.25, 0.3) is 10.0 Å². The van der Waals surface area contributed by atoms with Crippen molar-refractivity contribution in [1.29, 1.82) is 0 Å². The topological polar surface area (TPSA) is 76.9 Å². The van der Waals surface area contributed by atoms with Crippen molar-refractivity contribution in [2.24, 2.45) is 0 Å². The molecule has 2 aromatic heterocycles. The Balaban J connectivity index is 1.81. The summed E-state index contributed by atoms with van der Waals surface area (Å²) in [5, 5.41) is 5.01. The van der Waals surface area contributed by atoms with E-state index < -0.39 is 10.0 Å². The number of hydrogen-bond donors (Lipinski definition) is 1. The molecular formula is C20H15ClN4O2S. The Bertz CT molecular complexity index is 1190. The summed E-state index contributed by atoms with van der Waals surface area (Å²) in [6.07, 6.45) is 1.66. The van der Waals surface area contributed by atoms with Crippen molar-refractivity contribution in [2.75, 3.05) is 4.83 Å². The number of nitrogens with zero attached hydrogens (tertiary/aromatic N) is 3. The first-order chi connectivity index (χ1) is 13.5. The standard InChI is InChI=1S/C20H15ClN4O2S/c21-16-11-9-15(10-12-16)20-14-19(18-8-4-5-13-22-18)23-25(20)24-28(26,27)17-6-2-1-3-7-17/h1-14,24H. The summed E-state index contributed by atoms with van der Waals surface area (Å²) in [6, 6.07) is 22.4. The molecule has 0 amide bonds. The molecule has 0 atom stereocenters. The zero-order chi connectivity index (χ0) is 19.6. The molecule has 140 valence electrons. The Hall–Kier alpha value is -3.16. The van der Waals surface area contributed by atoms with Crippen molar-refractivity contribution >= 4 is 21.6 Å². The van der Waals surface area contributed by atoms with E-state index in [1.165, 1.54) is 16.9 Å². The number of benzene rings is 2. The second kappa shape index (κ2) is 7.46. The van der Waals surface area contributed by atoms with Crippen molar-refractivity contribution in [1.82, 2.24) is 14.9 Å². The van der Waals surface area contributed by atoms with Gasteiger partial charge in [-0.2, -0.15) is 18.0 Å². The number of aromatic nitrogens is 3. The predicted octanol–water partition coefficient (Wildman–Crippen LogP) is 4.20. The average Bonchev–Trinajstić information content (AvgIpc) is 3.13. The van der Waals surface area contributed by atoms with Crippen LogP contribution in [0.1, 0.15) is 0 Å². The number of halogens is 1. The van der Waals surface area contributed by atoms with Gasteiger partial charge in [0.15, 0.2) is 0 Å². The maximum Gasteiger partial charge on any atom is 0.276 e. The maximum atomic E-state index is 12.8. The Morgan fingerprint density at radius 3 is 2.25 bits per heavy atom. The second-order valence-corrected chi connectivity index (χ2v) is 8.05. The molecule has 0 fully saturated rings. The van der Waals surface area contributed by atoms with Crippen molar-refractivity contribution in [2.45, 2.75) is 4.90 Å². The van der Waals surface area contributed by atoms with Gasteiger partial charge in [-0.3, -0.25) is 4.98 Å². The number of pyridine rings is 1. The van der Waals surface area contributed by atoms with Gasteiger partial charge in [0, 0.05) is 16.8 Å². The average molecular weight is 411 g/mol. The number of rotatable bonds is 5. The Labute approximate surface area is 167 Å². The SMILES string of the molecule is O=S(=O)(Nn1nc(-c2ccccn2)cc1-c1ccc(Cl)cc1)c1ccccc1. The van der Waals surface area contributed by atoms with Gasteiger partial charge in [0.1, 0.15) is 5.69 Å². The summed E-state index contributed by atoms with van der Waals surface area (Å²) in [6.45, 7) is 0. The molecule has 4 rings (SSSR count). The van der Waals surface area contributed by atoms with E-state index in [1.807, 2.05) is 12.1 Å². The summed E-state index contributed by atoms with van der Waals surface area (Å²) < 4.78 is 25.6. The molecule has 0 aliphatic rings. The lowest BCUT2D eigenvalue weighted by Gasteiger charge is -2.11. The molecule has 0 saturated heterocycles. The van der Waals surface area contributed by atoms with Gasteiger partial charge < -0.3 is 0 Å². The van der Waals surface area contributed by atoms with Crippen LogP contribution in [0.15, 0.2) is 90.0 Å². The normalized spacial score (nSPS) is 11.3. The molecule has 0 unspecified atom stereocenters. The van der Waals surface area contributed by atoms with Crippen LogP contribution in [0.5, 0.6) is 0 Å². The number of hydrogen-bond acceptors (Lipinski definition) is 4. The second-order valence-electron chi connectivity index (χ2n) is 5.96. The van der Waals surface area contributed by atoms with Gasteiger partial charge in [0.2, 0.25) is 0 Å². The fourth-order valence-electron chi connectivity index (χ4n) is 2.68. The van der Waals surface area contributed by atoms with Crippen LogP contribution < -0.4 is 4.83 Å². The zero-order valence-electron chi connectivity index (χ0n) is 14.5. The van der Waals surface area contributed by atoms with Crippen molar-refractivity contribution < 1.29 is 8.42 Å². The highest BCUT2D eigenvalue weighted by atomic mass is 35.5. The van der Waals surface area contributed by atoms with E-state index in [0.29, 0.717) is 22.1 Å². The Morgan fingerprint density at radius 1 is 0.857 bits per heavy atom. The summed E-state index contributed by atoms with van der Waals surface area (Å²) in [5.74, 6) is 0. The zero-order valence-corrected chi connectivity index (χ0v) is 16.1. The molecule has 0 saturated carbocycles. The molecule has 6 nitrogen and oxygen atoms in total. The molecule has 2 heterocycles. The fourth-order valence-corrected chi connectivity index (χ4v) is 3.80. The summed E-state index contributed by atoms with van der Waals surface area (Å²) in [4.78, 5) is 8.21. The van der Waals surface area contributed by atoms with E-state index in [1.54, 1.807) is 60.8 Å². The third-order valence-electron chi connectivity index (χ3n) is 4.04. The van der Waals surface area contributed by atoms with Crippen LogP contribution >= 0.6 is 11.6 Å². The van der Waals surface area contributed by atoms with Crippen molar-refractivity contribution in [3.63, 3.8) is 0 Å². The molecule has 4 aromatic rings. The summed E-state index contributed by atoms with van der Waals surface area (Å²) in [7, 11) is -3.82. The fraction of sp³-hybridized carbons (Fsp3) is 0. The van der Waals surface area contributed by atoms with Crippen LogP contribution in [0, 0.1) is 0 Å². The molecule has 0 spiro atoms.